The Morgan fingerprint density at radius 3 is 2.88 bits per heavy atom. The molecule has 1 amide bonds. The number of benzene rings is 1. The van der Waals surface area contributed by atoms with E-state index in [1.165, 1.54) is 4.68 Å². The van der Waals surface area contributed by atoms with Crippen molar-refractivity contribution in [1.82, 2.24) is 19.7 Å². The molecular weight excluding hydrogens is 438 g/mol. The van der Waals surface area contributed by atoms with Gasteiger partial charge in [-0.25, -0.2) is 4.98 Å². The van der Waals surface area contributed by atoms with E-state index in [0.29, 0.717) is 22.8 Å². The van der Waals surface area contributed by atoms with Crippen LogP contribution in [0.3, 0.4) is 0 Å². The van der Waals surface area contributed by atoms with Gasteiger partial charge in [-0.05, 0) is 55.7 Å². The van der Waals surface area contributed by atoms with Gasteiger partial charge in [-0.3, -0.25) is 14.6 Å². The summed E-state index contributed by atoms with van der Waals surface area (Å²) in [6.45, 7) is 2.04. The number of anilines is 1. The monoisotopic (exact) mass is 461 g/mol. The molecule has 0 unspecified atom stereocenters. The molecule has 8 nitrogen and oxygen atoms in total. The summed E-state index contributed by atoms with van der Waals surface area (Å²) in [6.07, 6.45) is 5.02. The van der Waals surface area contributed by atoms with Crippen molar-refractivity contribution in [3.63, 3.8) is 0 Å². The predicted octanol–water partition coefficient (Wildman–Crippen LogP) is 4.46. The zero-order valence-electron chi connectivity index (χ0n) is 18.1. The van der Waals surface area contributed by atoms with Crippen LogP contribution in [0, 0.1) is 0 Å². The quantitative estimate of drug-likeness (QED) is 0.411. The Kier molecular flexibility index (Phi) is 5.87. The van der Waals surface area contributed by atoms with Gasteiger partial charge < -0.3 is 9.73 Å². The Morgan fingerprint density at radius 2 is 2.06 bits per heavy atom. The molecule has 5 rings (SSSR count). The minimum atomic E-state index is -0.265. The van der Waals surface area contributed by atoms with Crippen LogP contribution in [0.4, 0.5) is 5.82 Å². The van der Waals surface area contributed by atoms with E-state index in [-0.39, 0.29) is 17.4 Å². The molecule has 33 heavy (non-hydrogen) atoms. The molecule has 9 heteroatoms. The number of amides is 1. The fraction of sp³-hybridized carbons (Fsp3) is 0.250. The van der Waals surface area contributed by atoms with Gasteiger partial charge in [-0.15, -0.1) is 11.8 Å². The van der Waals surface area contributed by atoms with Gasteiger partial charge in [-0.1, -0.05) is 19.1 Å². The summed E-state index contributed by atoms with van der Waals surface area (Å²) in [6, 6.07) is 12.7. The van der Waals surface area contributed by atoms with E-state index in [1.54, 1.807) is 42.3 Å². The van der Waals surface area contributed by atoms with Crippen molar-refractivity contribution in [3.05, 3.63) is 75.9 Å². The molecular formula is C24H23N5O3S. The van der Waals surface area contributed by atoms with Crippen molar-refractivity contribution < 1.29 is 9.21 Å². The van der Waals surface area contributed by atoms with E-state index >= 15 is 0 Å². The Balaban J connectivity index is 1.57. The Bertz CT molecular complexity index is 1360. The maximum Gasteiger partial charge on any atom is 0.257 e. The summed E-state index contributed by atoms with van der Waals surface area (Å²) >= 11 is 1.60. The molecule has 0 radical (unpaired) electrons. The highest BCUT2D eigenvalue weighted by Crippen LogP contribution is 2.27. The lowest BCUT2D eigenvalue weighted by atomic mass is 9.97. The average molecular weight is 462 g/mol. The van der Waals surface area contributed by atoms with Gasteiger partial charge >= 0.3 is 0 Å². The number of fused-ring (bicyclic) bond motifs is 1. The third-order valence-electron chi connectivity index (χ3n) is 5.54. The predicted molar refractivity (Wildman–Crippen MR) is 127 cm³/mol. The highest BCUT2D eigenvalue weighted by atomic mass is 32.2. The number of hydrogen-bond acceptors (Lipinski definition) is 6. The first kappa shape index (κ1) is 21.3. The van der Waals surface area contributed by atoms with E-state index in [2.05, 4.69) is 20.4 Å². The molecule has 0 fully saturated rings. The second-order valence-electron chi connectivity index (χ2n) is 7.71. The van der Waals surface area contributed by atoms with Crippen molar-refractivity contribution in [2.75, 3.05) is 11.1 Å². The third-order valence-corrected chi connectivity index (χ3v) is 6.49. The van der Waals surface area contributed by atoms with Crippen LogP contribution >= 0.6 is 11.8 Å². The number of carbonyl (C=O) groups excluding carboxylic acids is 1. The number of nitrogens with one attached hydrogen (secondary N) is 2. The fourth-order valence-corrected chi connectivity index (χ4v) is 4.79. The number of hydrogen-bond donors (Lipinski definition) is 2. The number of aryl methyl sites for hydroxylation is 1. The average Bonchev–Trinajstić information content (AvgIpc) is 3.50. The van der Waals surface area contributed by atoms with Crippen molar-refractivity contribution in [3.8, 4) is 17.4 Å². The van der Waals surface area contributed by atoms with Crippen molar-refractivity contribution >= 4 is 23.5 Å². The van der Waals surface area contributed by atoms with E-state index in [1.807, 2.05) is 25.1 Å². The summed E-state index contributed by atoms with van der Waals surface area (Å²) in [5.74, 6) is 1.79. The lowest BCUT2D eigenvalue weighted by molar-refractivity contribution is 0.102. The minimum Gasteiger partial charge on any atom is -0.463 e. The fourth-order valence-electron chi connectivity index (χ4n) is 3.99. The summed E-state index contributed by atoms with van der Waals surface area (Å²) in [7, 11) is 0. The van der Waals surface area contributed by atoms with Crippen LogP contribution in [0.1, 0.15) is 41.4 Å². The molecule has 0 saturated heterocycles. The molecule has 0 bridgehead atoms. The molecule has 4 aromatic rings. The van der Waals surface area contributed by atoms with Gasteiger partial charge in [0.1, 0.15) is 11.5 Å². The van der Waals surface area contributed by atoms with Crippen LogP contribution in [-0.2, 0) is 12.8 Å². The first-order valence-corrected chi connectivity index (χ1v) is 11.9. The summed E-state index contributed by atoms with van der Waals surface area (Å²) in [4.78, 5) is 34.4. The number of thioether (sulfide) groups is 1. The molecule has 1 aromatic carbocycles. The lowest BCUT2D eigenvalue weighted by Crippen LogP contribution is -2.24. The number of furan rings is 1. The van der Waals surface area contributed by atoms with Crippen LogP contribution in [-0.4, -0.2) is 31.4 Å². The normalized spacial score (nSPS) is 13.0. The second kappa shape index (κ2) is 9.11. The van der Waals surface area contributed by atoms with Crippen LogP contribution in [0.5, 0.6) is 0 Å². The first-order chi connectivity index (χ1) is 16.1. The van der Waals surface area contributed by atoms with E-state index < -0.39 is 0 Å². The SMILES string of the molecule is CCSc1ccccc1C(=O)Nc1cc(-c2ccco2)nn1-c1nc2c(c(=O)[nH]1)CCCC2. The molecule has 0 spiro atoms. The summed E-state index contributed by atoms with van der Waals surface area (Å²) < 4.78 is 6.95. The zero-order valence-corrected chi connectivity index (χ0v) is 18.9. The minimum absolute atomic E-state index is 0.160. The second-order valence-corrected chi connectivity index (χ2v) is 9.01. The number of carbonyl (C=O) groups is 1. The molecule has 3 heterocycles. The maximum absolute atomic E-state index is 13.2. The maximum atomic E-state index is 13.2. The molecule has 3 aromatic heterocycles. The smallest absolute Gasteiger partial charge is 0.257 e. The number of rotatable bonds is 6. The number of H-pyrrole nitrogens is 1. The van der Waals surface area contributed by atoms with Gasteiger partial charge in [0.05, 0.1) is 17.5 Å². The van der Waals surface area contributed by atoms with Gasteiger partial charge in [0.2, 0.25) is 5.95 Å². The van der Waals surface area contributed by atoms with Crippen LogP contribution in [0.15, 0.2) is 62.8 Å². The van der Waals surface area contributed by atoms with Gasteiger partial charge in [0.25, 0.3) is 11.5 Å². The highest BCUT2D eigenvalue weighted by Gasteiger charge is 2.21. The number of aromatic nitrogens is 4. The van der Waals surface area contributed by atoms with Gasteiger partial charge in [0, 0.05) is 16.5 Å². The molecule has 168 valence electrons. The van der Waals surface area contributed by atoms with Crippen molar-refractivity contribution in [1.29, 1.82) is 0 Å². The van der Waals surface area contributed by atoms with Crippen molar-refractivity contribution in [2.24, 2.45) is 0 Å². The van der Waals surface area contributed by atoms with Crippen molar-refractivity contribution in [2.45, 2.75) is 37.5 Å². The van der Waals surface area contributed by atoms with Gasteiger partial charge in [0.15, 0.2) is 5.76 Å². The standard InChI is InChI=1S/C24H23N5O3S/c1-2-33-20-12-6-4-9-16(20)23(31)26-21-14-18(19-11-7-13-32-19)28-29(21)24-25-17-10-5-3-8-15(17)22(30)27-24/h4,6-7,9,11-14H,2-3,5,8,10H2,1H3,(H,26,31)(H,25,27,30). The summed E-state index contributed by atoms with van der Waals surface area (Å²) in [5, 5.41) is 7.54. The van der Waals surface area contributed by atoms with E-state index in [0.717, 1.165) is 47.6 Å². The Labute approximate surface area is 194 Å². The number of nitrogens with zero attached hydrogens (tertiary/aromatic N) is 3. The Morgan fingerprint density at radius 1 is 1.21 bits per heavy atom. The van der Waals surface area contributed by atoms with Gasteiger partial charge in [-0.2, -0.15) is 9.78 Å². The lowest BCUT2D eigenvalue weighted by Gasteiger charge is -2.15. The van der Waals surface area contributed by atoms with E-state index in [4.69, 9.17) is 4.42 Å². The first-order valence-electron chi connectivity index (χ1n) is 10.9. The number of aromatic amines is 1. The van der Waals surface area contributed by atoms with Crippen LogP contribution < -0.4 is 10.9 Å². The Hall–Kier alpha value is -3.59. The molecule has 1 aliphatic rings. The highest BCUT2D eigenvalue weighted by molar-refractivity contribution is 7.99. The molecule has 2 N–H and O–H groups in total. The van der Waals surface area contributed by atoms with Crippen LogP contribution in [0.2, 0.25) is 0 Å². The third kappa shape index (κ3) is 4.23. The summed E-state index contributed by atoms with van der Waals surface area (Å²) in [5.41, 5.74) is 2.46. The van der Waals surface area contributed by atoms with Crippen LogP contribution in [0.25, 0.3) is 17.4 Å². The molecule has 1 aliphatic carbocycles. The molecule has 0 atom stereocenters. The topological polar surface area (TPSA) is 106 Å². The molecule has 0 aliphatic heterocycles. The molecule has 0 saturated carbocycles. The van der Waals surface area contributed by atoms with E-state index in [9.17, 15) is 9.59 Å². The zero-order chi connectivity index (χ0) is 22.8. The largest absolute Gasteiger partial charge is 0.463 e.